The van der Waals surface area contributed by atoms with Gasteiger partial charge in [0.2, 0.25) is 10.0 Å². The second-order valence-corrected chi connectivity index (χ2v) is 10.9. The van der Waals surface area contributed by atoms with Gasteiger partial charge in [0.15, 0.2) is 5.65 Å². The van der Waals surface area contributed by atoms with E-state index in [1.165, 1.54) is 4.57 Å². The molecule has 2 heterocycles. The number of aromatic nitrogens is 4. The number of allylic oxidation sites excluding steroid dienone is 4. The molecule has 9 nitrogen and oxygen atoms in total. The Balaban J connectivity index is 1.70. The van der Waals surface area contributed by atoms with E-state index in [2.05, 4.69) is 34.6 Å². The number of aryl methyl sites for hydroxylation is 1. The van der Waals surface area contributed by atoms with Gasteiger partial charge in [-0.2, -0.15) is 0 Å². The summed E-state index contributed by atoms with van der Waals surface area (Å²) in [7, 11) is -3.35. The Hall–Kier alpha value is -3.40. The van der Waals surface area contributed by atoms with Crippen molar-refractivity contribution in [2.24, 2.45) is 11.8 Å². The van der Waals surface area contributed by atoms with E-state index in [0.29, 0.717) is 42.2 Å². The lowest BCUT2D eigenvalue weighted by molar-refractivity contribution is 0.410. The second kappa shape index (κ2) is 10.1. The highest BCUT2D eigenvalue weighted by atomic mass is 32.2. The van der Waals surface area contributed by atoms with Gasteiger partial charge in [-0.25, -0.2) is 18.2 Å². The number of imidazole rings is 1. The number of H-pyrrole nitrogens is 1. The summed E-state index contributed by atoms with van der Waals surface area (Å²) in [5.74, 6) is 0.852. The van der Waals surface area contributed by atoms with Crippen LogP contribution in [-0.2, 0) is 29.5 Å². The van der Waals surface area contributed by atoms with Crippen molar-refractivity contribution >= 4 is 26.9 Å². The number of benzene rings is 1. The average molecular weight is 498 g/mol. The van der Waals surface area contributed by atoms with Crippen molar-refractivity contribution in [3.8, 4) is 0 Å². The molecule has 0 amide bonds. The molecule has 0 radical (unpaired) electrons. The molecule has 0 saturated heterocycles. The lowest BCUT2D eigenvalue weighted by Crippen LogP contribution is -2.42. The zero-order valence-electron chi connectivity index (χ0n) is 20.2. The number of nitrogens with one attached hydrogen (secondary N) is 2. The maximum atomic E-state index is 13.4. The van der Waals surface area contributed by atoms with Crippen LogP contribution in [0.2, 0.25) is 0 Å². The molecule has 2 unspecified atom stereocenters. The minimum absolute atomic E-state index is 0.0592. The van der Waals surface area contributed by atoms with E-state index in [4.69, 9.17) is 0 Å². The van der Waals surface area contributed by atoms with Crippen molar-refractivity contribution in [1.82, 2.24) is 19.1 Å². The normalized spacial score (nSPS) is 17.8. The summed E-state index contributed by atoms with van der Waals surface area (Å²) in [4.78, 5) is 34.5. The Morgan fingerprint density at radius 3 is 2.46 bits per heavy atom. The molecule has 2 atom stereocenters. The van der Waals surface area contributed by atoms with Gasteiger partial charge in [0.1, 0.15) is 11.3 Å². The molecule has 1 aliphatic carbocycles. The standard InChI is InChI=1S/C25H31N5O4S/c1-4-5-14-29-23-22(24(31)30(25(29)32)16-19-9-7-6-8-17(19)2)26-21(27-23)15-18-10-12-20(13-11-18)28-35(3,33)34/h6-13,17,19,28H,4-5,14-16H2,1-3H3,(H,26,27). The first-order chi connectivity index (χ1) is 16.7. The molecule has 2 aromatic heterocycles. The smallest absolute Gasteiger partial charge is 0.332 e. The van der Waals surface area contributed by atoms with Gasteiger partial charge in [0.05, 0.1) is 6.26 Å². The molecule has 1 aliphatic rings. The molecule has 35 heavy (non-hydrogen) atoms. The zero-order valence-corrected chi connectivity index (χ0v) is 21.0. The van der Waals surface area contributed by atoms with Crippen LogP contribution in [0.5, 0.6) is 0 Å². The molecule has 0 aliphatic heterocycles. The largest absolute Gasteiger partial charge is 0.336 e. The molecule has 4 rings (SSSR count). The summed E-state index contributed by atoms with van der Waals surface area (Å²) in [6, 6.07) is 6.95. The molecule has 0 saturated carbocycles. The molecule has 10 heteroatoms. The number of hydrogen-bond donors (Lipinski definition) is 2. The van der Waals surface area contributed by atoms with Crippen LogP contribution in [-0.4, -0.2) is 33.8 Å². The first-order valence-electron chi connectivity index (χ1n) is 11.8. The number of unbranched alkanes of at least 4 members (excludes halogenated alkanes) is 1. The molecule has 3 aromatic rings. The summed E-state index contributed by atoms with van der Waals surface area (Å²) < 4.78 is 28.2. The van der Waals surface area contributed by atoms with E-state index < -0.39 is 10.0 Å². The van der Waals surface area contributed by atoms with Crippen LogP contribution in [0.1, 0.15) is 38.1 Å². The van der Waals surface area contributed by atoms with E-state index in [9.17, 15) is 18.0 Å². The third kappa shape index (κ3) is 5.64. The van der Waals surface area contributed by atoms with Gasteiger partial charge in [-0.15, -0.1) is 0 Å². The third-order valence-electron chi connectivity index (χ3n) is 6.23. The predicted molar refractivity (Wildman–Crippen MR) is 138 cm³/mol. The molecular formula is C25H31N5O4S. The van der Waals surface area contributed by atoms with Crippen molar-refractivity contribution in [1.29, 1.82) is 0 Å². The van der Waals surface area contributed by atoms with Gasteiger partial charge < -0.3 is 4.98 Å². The number of rotatable bonds is 9. The summed E-state index contributed by atoms with van der Waals surface area (Å²) in [5, 5.41) is 0. The van der Waals surface area contributed by atoms with Crippen LogP contribution in [0.15, 0.2) is 58.2 Å². The van der Waals surface area contributed by atoms with Crippen LogP contribution in [0.4, 0.5) is 5.69 Å². The lowest BCUT2D eigenvalue weighted by atomic mass is 9.90. The molecule has 0 fully saturated rings. The summed E-state index contributed by atoms with van der Waals surface area (Å²) in [5.41, 5.74) is 1.37. The van der Waals surface area contributed by atoms with Crippen molar-refractivity contribution < 1.29 is 8.42 Å². The molecule has 0 bridgehead atoms. The van der Waals surface area contributed by atoms with E-state index >= 15 is 0 Å². The van der Waals surface area contributed by atoms with Crippen molar-refractivity contribution in [3.63, 3.8) is 0 Å². The van der Waals surface area contributed by atoms with Crippen LogP contribution in [0.25, 0.3) is 11.2 Å². The zero-order chi connectivity index (χ0) is 25.2. The number of hydrogen-bond acceptors (Lipinski definition) is 5. The van der Waals surface area contributed by atoms with Gasteiger partial charge in [0, 0.05) is 31.1 Å². The number of fused-ring (bicyclic) bond motifs is 1. The van der Waals surface area contributed by atoms with E-state index in [1.54, 1.807) is 28.8 Å². The fraction of sp³-hybridized carbons (Fsp3) is 0.400. The first kappa shape index (κ1) is 24.7. The summed E-state index contributed by atoms with van der Waals surface area (Å²) >= 11 is 0. The predicted octanol–water partition coefficient (Wildman–Crippen LogP) is 3.03. The Morgan fingerprint density at radius 2 is 1.80 bits per heavy atom. The lowest BCUT2D eigenvalue weighted by Gasteiger charge is -2.21. The van der Waals surface area contributed by atoms with Crippen molar-refractivity contribution in [2.45, 2.75) is 46.2 Å². The minimum atomic E-state index is -3.35. The highest BCUT2D eigenvalue weighted by Crippen LogP contribution is 2.20. The highest BCUT2D eigenvalue weighted by Gasteiger charge is 2.21. The topological polar surface area (TPSA) is 119 Å². The maximum Gasteiger partial charge on any atom is 0.332 e. The first-order valence-corrected chi connectivity index (χ1v) is 13.7. The van der Waals surface area contributed by atoms with Crippen molar-refractivity contribution in [3.05, 3.63) is 80.8 Å². The Kier molecular flexibility index (Phi) is 7.11. The molecule has 2 N–H and O–H groups in total. The summed E-state index contributed by atoms with van der Waals surface area (Å²) in [6.45, 7) is 4.93. The van der Waals surface area contributed by atoms with E-state index in [-0.39, 0.29) is 23.1 Å². The van der Waals surface area contributed by atoms with Crippen LogP contribution in [0.3, 0.4) is 0 Å². The fourth-order valence-corrected chi connectivity index (χ4v) is 4.84. The quantitative estimate of drug-likeness (QED) is 0.471. The van der Waals surface area contributed by atoms with Crippen LogP contribution >= 0.6 is 0 Å². The molecular weight excluding hydrogens is 466 g/mol. The Morgan fingerprint density at radius 1 is 1.09 bits per heavy atom. The van der Waals surface area contributed by atoms with Gasteiger partial charge in [0.25, 0.3) is 5.56 Å². The minimum Gasteiger partial charge on any atom is -0.336 e. The molecule has 0 spiro atoms. The second-order valence-electron chi connectivity index (χ2n) is 9.13. The van der Waals surface area contributed by atoms with Gasteiger partial charge in [-0.05, 0) is 30.0 Å². The monoisotopic (exact) mass is 497 g/mol. The number of nitrogens with zero attached hydrogens (tertiary/aromatic N) is 3. The Labute approximate surface area is 204 Å². The molecule has 186 valence electrons. The fourth-order valence-electron chi connectivity index (χ4n) is 4.28. The average Bonchev–Trinajstić information content (AvgIpc) is 3.22. The third-order valence-corrected chi connectivity index (χ3v) is 6.83. The van der Waals surface area contributed by atoms with Gasteiger partial charge in [-0.3, -0.25) is 18.7 Å². The van der Waals surface area contributed by atoms with Gasteiger partial charge >= 0.3 is 5.69 Å². The highest BCUT2D eigenvalue weighted by molar-refractivity contribution is 7.92. The van der Waals surface area contributed by atoms with Gasteiger partial charge in [-0.1, -0.05) is 56.7 Å². The van der Waals surface area contributed by atoms with Crippen molar-refractivity contribution in [2.75, 3.05) is 11.0 Å². The van der Waals surface area contributed by atoms with Crippen LogP contribution < -0.4 is 16.0 Å². The molecule has 1 aromatic carbocycles. The number of sulfonamides is 1. The Bertz CT molecular complexity index is 1490. The number of aromatic amines is 1. The maximum absolute atomic E-state index is 13.4. The van der Waals surface area contributed by atoms with E-state index in [0.717, 1.165) is 24.7 Å². The van der Waals surface area contributed by atoms with E-state index in [1.807, 2.05) is 18.2 Å². The summed E-state index contributed by atoms with van der Waals surface area (Å²) in [6.07, 6.45) is 11.3. The van der Waals surface area contributed by atoms with Crippen LogP contribution in [0, 0.1) is 11.8 Å². The SMILES string of the molecule is CCCCn1c(=O)n(CC2C=CC=CC2C)c(=O)c2[nH]c(Cc3ccc(NS(C)(=O)=O)cc3)nc21. The number of anilines is 1.